The molecule has 2 aromatic carbocycles. The summed E-state index contributed by atoms with van der Waals surface area (Å²) in [7, 11) is 4.60. The quantitative estimate of drug-likeness (QED) is 0.420. The van der Waals surface area contributed by atoms with Gasteiger partial charge in [0.15, 0.2) is 11.5 Å². The predicted octanol–water partition coefficient (Wildman–Crippen LogP) is 4.09. The molecule has 0 unspecified atom stereocenters. The highest BCUT2D eigenvalue weighted by Crippen LogP contribution is 2.38. The highest BCUT2D eigenvalue weighted by molar-refractivity contribution is 9.10. The van der Waals surface area contributed by atoms with Crippen molar-refractivity contribution in [3.63, 3.8) is 0 Å². The van der Waals surface area contributed by atoms with E-state index < -0.39 is 5.97 Å². The maximum Gasteiger partial charge on any atom is 0.336 e. The lowest BCUT2D eigenvalue weighted by molar-refractivity contribution is -0.128. The molecule has 0 aliphatic carbocycles. The smallest absolute Gasteiger partial charge is 0.336 e. The summed E-state index contributed by atoms with van der Waals surface area (Å²) >= 11 is 3.32. The van der Waals surface area contributed by atoms with Crippen molar-refractivity contribution in [2.75, 3.05) is 21.3 Å². The second kappa shape index (κ2) is 8.40. The molecule has 0 amide bonds. The minimum Gasteiger partial charge on any atom is -0.493 e. The third-order valence-electron chi connectivity index (χ3n) is 3.13. The molecule has 5 nitrogen and oxygen atoms in total. The van der Waals surface area contributed by atoms with Crippen LogP contribution in [-0.4, -0.2) is 27.3 Å². The zero-order chi connectivity index (χ0) is 17.5. The highest BCUT2D eigenvalue weighted by Gasteiger charge is 2.12. The summed E-state index contributed by atoms with van der Waals surface area (Å²) in [6.07, 6.45) is 2.95. The fourth-order valence-electron chi connectivity index (χ4n) is 2.01. The third kappa shape index (κ3) is 4.52. The number of hydrogen-bond donors (Lipinski definition) is 0. The van der Waals surface area contributed by atoms with Gasteiger partial charge in [0, 0.05) is 10.5 Å². The van der Waals surface area contributed by atoms with Crippen LogP contribution >= 0.6 is 15.9 Å². The number of rotatable bonds is 6. The molecule has 0 radical (unpaired) electrons. The van der Waals surface area contributed by atoms with Crippen molar-refractivity contribution in [2.24, 2.45) is 0 Å². The predicted molar refractivity (Wildman–Crippen MR) is 94.9 cm³/mol. The summed E-state index contributed by atoms with van der Waals surface area (Å²) in [6.45, 7) is 0. The molecule has 0 saturated heterocycles. The van der Waals surface area contributed by atoms with Gasteiger partial charge in [-0.25, -0.2) is 4.79 Å². The fraction of sp³-hybridized carbons (Fsp3) is 0.167. The Morgan fingerprint density at radius 1 is 0.958 bits per heavy atom. The molecule has 6 heteroatoms. The van der Waals surface area contributed by atoms with E-state index in [1.54, 1.807) is 42.5 Å². The molecule has 0 N–H and O–H groups in total. The first-order valence-electron chi connectivity index (χ1n) is 7.03. The van der Waals surface area contributed by atoms with Crippen molar-refractivity contribution >= 4 is 28.0 Å². The summed E-state index contributed by atoms with van der Waals surface area (Å²) in [5, 5.41) is 0. The third-order valence-corrected chi connectivity index (χ3v) is 3.66. The first kappa shape index (κ1) is 17.9. The normalized spacial score (nSPS) is 10.5. The maximum atomic E-state index is 11.9. The average Bonchev–Trinajstić information content (AvgIpc) is 2.60. The Morgan fingerprint density at radius 2 is 1.54 bits per heavy atom. The molecular weight excluding hydrogens is 376 g/mol. The summed E-state index contributed by atoms with van der Waals surface area (Å²) < 4.78 is 21.9. The Kier molecular flexibility index (Phi) is 6.26. The molecule has 0 spiro atoms. The molecule has 2 rings (SSSR count). The lowest BCUT2D eigenvalue weighted by Crippen LogP contribution is -2.03. The van der Waals surface area contributed by atoms with E-state index in [1.165, 1.54) is 27.4 Å². The molecular formula is C18H17BrO5. The average molecular weight is 393 g/mol. The van der Waals surface area contributed by atoms with Crippen LogP contribution in [0, 0.1) is 0 Å². The Balaban J connectivity index is 2.15. The molecule has 0 aliphatic heterocycles. The van der Waals surface area contributed by atoms with Gasteiger partial charge in [-0.05, 0) is 48.0 Å². The first-order valence-corrected chi connectivity index (χ1v) is 7.82. The molecule has 0 aliphatic rings. The highest BCUT2D eigenvalue weighted by atomic mass is 79.9. The molecule has 2 aromatic rings. The zero-order valence-corrected chi connectivity index (χ0v) is 15.1. The molecule has 126 valence electrons. The maximum absolute atomic E-state index is 11.9. The minimum absolute atomic E-state index is 0.470. The number of methoxy groups -OCH3 is 3. The van der Waals surface area contributed by atoms with Crippen LogP contribution in [0.4, 0.5) is 0 Å². The largest absolute Gasteiger partial charge is 0.493 e. The van der Waals surface area contributed by atoms with Crippen molar-refractivity contribution < 1.29 is 23.7 Å². The van der Waals surface area contributed by atoms with Crippen LogP contribution < -0.4 is 18.9 Å². The van der Waals surface area contributed by atoms with Crippen molar-refractivity contribution in [2.45, 2.75) is 0 Å². The summed E-state index contributed by atoms with van der Waals surface area (Å²) in [5.74, 6) is 1.51. The zero-order valence-electron chi connectivity index (χ0n) is 13.5. The van der Waals surface area contributed by atoms with Crippen LogP contribution in [0.15, 0.2) is 46.9 Å². The summed E-state index contributed by atoms with van der Waals surface area (Å²) in [6, 6.07) is 10.5. The van der Waals surface area contributed by atoms with Crippen LogP contribution in [0.3, 0.4) is 0 Å². The van der Waals surface area contributed by atoms with E-state index in [1.807, 2.05) is 0 Å². The van der Waals surface area contributed by atoms with Crippen LogP contribution in [0.2, 0.25) is 0 Å². The molecule has 0 saturated carbocycles. The van der Waals surface area contributed by atoms with Crippen LogP contribution in [0.25, 0.3) is 6.08 Å². The monoisotopic (exact) mass is 392 g/mol. The molecule has 0 aromatic heterocycles. The van der Waals surface area contributed by atoms with E-state index in [2.05, 4.69) is 15.9 Å². The van der Waals surface area contributed by atoms with E-state index >= 15 is 0 Å². The van der Waals surface area contributed by atoms with Crippen molar-refractivity contribution in [1.82, 2.24) is 0 Å². The Hall–Kier alpha value is -2.47. The lowest BCUT2D eigenvalue weighted by atomic mass is 10.1. The van der Waals surface area contributed by atoms with Gasteiger partial charge >= 0.3 is 5.97 Å². The van der Waals surface area contributed by atoms with Gasteiger partial charge in [-0.3, -0.25) is 0 Å². The molecule has 0 bridgehead atoms. The Labute approximate surface area is 148 Å². The van der Waals surface area contributed by atoms with E-state index in [0.717, 1.165) is 10.0 Å². The van der Waals surface area contributed by atoms with E-state index in [4.69, 9.17) is 18.9 Å². The Morgan fingerprint density at radius 3 is 2.04 bits per heavy atom. The Bertz CT molecular complexity index is 713. The minimum atomic E-state index is -0.480. The van der Waals surface area contributed by atoms with E-state index in [0.29, 0.717) is 23.0 Å². The van der Waals surface area contributed by atoms with Gasteiger partial charge in [-0.15, -0.1) is 0 Å². The number of halogens is 1. The fourth-order valence-corrected chi connectivity index (χ4v) is 2.28. The van der Waals surface area contributed by atoms with Crippen LogP contribution in [0.1, 0.15) is 5.56 Å². The number of hydrogen-bond acceptors (Lipinski definition) is 5. The second-order valence-electron chi connectivity index (χ2n) is 4.67. The van der Waals surface area contributed by atoms with Crippen molar-refractivity contribution in [1.29, 1.82) is 0 Å². The number of carbonyl (C=O) groups is 1. The van der Waals surface area contributed by atoms with Gasteiger partial charge in [0.25, 0.3) is 0 Å². The van der Waals surface area contributed by atoms with Gasteiger partial charge in [0.2, 0.25) is 5.75 Å². The van der Waals surface area contributed by atoms with Crippen LogP contribution in [-0.2, 0) is 4.79 Å². The number of esters is 1. The van der Waals surface area contributed by atoms with E-state index in [-0.39, 0.29) is 0 Å². The SMILES string of the molecule is COc1cc(/C=C/C(=O)Oc2ccc(Br)cc2)cc(OC)c1OC. The number of carbonyl (C=O) groups excluding carboxylic acids is 1. The van der Waals surface area contributed by atoms with Gasteiger partial charge < -0.3 is 18.9 Å². The van der Waals surface area contributed by atoms with E-state index in [9.17, 15) is 4.79 Å². The van der Waals surface area contributed by atoms with Crippen LogP contribution in [0.5, 0.6) is 23.0 Å². The molecule has 24 heavy (non-hydrogen) atoms. The molecule has 0 atom stereocenters. The van der Waals surface area contributed by atoms with Gasteiger partial charge in [0.05, 0.1) is 21.3 Å². The second-order valence-corrected chi connectivity index (χ2v) is 5.58. The summed E-state index contributed by atoms with van der Waals surface area (Å²) in [4.78, 5) is 11.9. The molecule has 0 fully saturated rings. The number of benzene rings is 2. The van der Waals surface area contributed by atoms with Gasteiger partial charge in [0.1, 0.15) is 5.75 Å². The standard InChI is InChI=1S/C18H17BrO5/c1-21-15-10-12(11-16(22-2)18(15)23-3)4-9-17(20)24-14-7-5-13(19)6-8-14/h4-11H,1-3H3/b9-4+. The summed E-state index contributed by atoms with van der Waals surface area (Å²) in [5.41, 5.74) is 0.720. The van der Waals surface area contributed by atoms with Gasteiger partial charge in [-0.2, -0.15) is 0 Å². The topological polar surface area (TPSA) is 54.0 Å². The molecule has 0 heterocycles. The van der Waals surface area contributed by atoms with Crippen molar-refractivity contribution in [3.05, 3.63) is 52.5 Å². The van der Waals surface area contributed by atoms with Gasteiger partial charge in [-0.1, -0.05) is 15.9 Å². The first-order chi connectivity index (χ1) is 11.6. The van der Waals surface area contributed by atoms with Crippen molar-refractivity contribution in [3.8, 4) is 23.0 Å². The lowest BCUT2D eigenvalue weighted by Gasteiger charge is -2.12. The number of ether oxygens (including phenoxy) is 4.